The minimum absolute atomic E-state index is 0.465. The lowest BCUT2D eigenvalue weighted by Crippen LogP contribution is -1.97. The van der Waals surface area contributed by atoms with Crippen LogP contribution in [0.3, 0.4) is 0 Å². The molecular weight excluding hydrogens is 204 g/mol. The van der Waals surface area contributed by atoms with E-state index in [0.717, 1.165) is 24.2 Å². The molecule has 0 radical (unpaired) electrons. The quantitative estimate of drug-likeness (QED) is 0.842. The Labute approximate surface area is 93.7 Å². The molecule has 5 heteroatoms. The van der Waals surface area contributed by atoms with E-state index < -0.39 is 0 Å². The van der Waals surface area contributed by atoms with Crippen LogP contribution in [0, 0.1) is 0 Å². The highest BCUT2D eigenvalue weighted by atomic mass is 16.5. The van der Waals surface area contributed by atoms with Crippen LogP contribution in [-0.2, 0) is 13.0 Å². The molecule has 0 saturated carbocycles. The van der Waals surface area contributed by atoms with Gasteiger partial charge in [0.15, 0.2) is 5.82 Å². The molecule has 2 rings (SSSR count). The highest BCUT2D eigenvalue weighted by molar-refractivity contribution is 5.46. The van der Waals surface area contributed by atoms with Gasteiger partial charge < -0.3 is 10.3 Å². The predicted octanol–water partition coefficient (Wildman–Crippen LogP) is 1.54. The van der Waals surface area contributed by atoms with Crippen molar-refractivity contribution in [3.8, 4) is 11.6 Å². The summed E-state index contributed by atoms with van der Waals surface area (Å²) >= 11 is 0. The number of pyridine rings is 1. The Morgan fingerprint density at radius 1 is 1.38 bits per heavy atom. The molecule has 0 atom stereocenters. The van der Waals surface area contributed by atoms with Gasteiger partial charge in [-0.05, 0) is 18.1 Å². The molecule has 0 bridgehead atoms. The third kappa shape index (κ3) is 2.25. The Hall–Kier alpha value is -1.75. The fourth-order valence-electron chi connectivity index (χ4n) is 1.35. The van der Waals surface area contributed by atoms with Crippen molar-refractivity contribution in [1.29, 1.82) is 0 Å². The first-order chi connectivity index (χ1) is 7.83. The number of hydrogen-bond donors (Lipinski definition) is 1. The van der Waals surface area contributed by atoms with Crippen molar-refractivity contribution in [3.05, 3.63) is 29.7 Å². The summed E-state index contributed by atoms with van der Waals surface area (Å²) in [5, 5.41) is 3.87. The van der Waals surface area contributed by atoms with E-state index >= 15 is 0 Å². The van der Waals surface area contributed by atoms with E-state index in [9.17, 15) is 0 Å². The normalized spacial score (nSPS) is 10.6. The second-order valence-electron chi connectivity index (χ2n) is 3.52. The van der Waals surface area contributed by atoms with Gasteiger partial charge in [0.25, 0.3) is 5.89 Å². The molecule has 2 aromatic heterocycles. The molecule has 84 valence electrons. The largest absolute Gasteiger partial charge is 0.332 e. The van der Waals surface area contributed by atoms with Gasteiger partial charge in [-0.2, -0.15) is 4.98 Å². The van der Waals surface area contributed by atoms with Crippen LogP contribution in [0.5, 0.6) is 0 Å². The van der Waals surface area contributed by atoms with E-state index in [1.165, 1.54) is 0 Å². The van der Waals surface area contributed by atoms with Gasteiger partial charge in [0.1, 0.15) is 5.69 Å². The number of nitrogens with zero attached hydrogens (tertiary/aromatic N) is 3. The zero-order valence-electron chi connectivity index (χ0n) is 9.18. The highest BCUT2D eigenvalue weighted by Crippen LogP contribution is 2.14. The number of nitrogens with two attached hydrogens (primary N) is 1. The van der Waals surface area contributed by atoms with Gasteiger partial charge in [0.2, 0.25) is 0 Å². The van der Waals surface area contributed by atoms with Gasteiger partial charge in [0.05, 0.1) is 0 Å². The summed E-state index contributed by atoms with van der Waals surface area (Å²) in [4.78, 5) is 8.47. The van der Waals surface area contributed by atoms with Crippen molar-refractivity contribution < 1.29 is 4.52 Å². The molecule has 16 heavy (non-hydrogen) atoms. The second kappa shape index (κ2) is 4.85. The molecule has 0 aliphatic carbocycles. The number of hydrogen-bond acceptors (Lipinski definition) is 5. The summed E-state index contributed by atoms with van der Waals surface area (Å²) in [6.45, 7) is 2.56. The average Bonchev–Trinajstić information content (AvgIpc) is 2.78. The minimum atomic E-state index is 0.465. The molecule has 0 aliphatic rings. The zero-order chi connectivity index (χ0) is 11.4. The molecule has 0 unspecified atom stereocenters. The smallest absolute Gasteiger partial charge is 0.276 e. The molecule has 0 aromatic carbocycles. The maximum atomic E-state index is 5.49. The van der Waals surface area contributed by atoms with Gasteiger partial charge in [-0.1, -0.05) is 18.1 Å². The summed E-state index contributed by atoms with van der Waals surface area (Å²) in [6.07, 6.45) is 3.54. The lowest BCUT2D eigenvalue weighted by Gasteiger charge is -1.96. The topological polar surface area (TPSA) is 77.8 Å². The molecular formula is C11H14N4O. The van der Waals surface area contributed by atoms with Crippen molar-refractivity contribution in [3.63, 3.8) is 0 Å². The molecule has 0 aliphatic heterocycles. The summed E-state index contributed by atoms with van der Waals surface area (Å²) < 4.78 is 5.12. The molecule has 2 N–H and O–H groups in total. The van der Waals surface area contributed by atoms with Crippen LogP contribution in [0.1, 0.15) is 24.7 Å². The van der Waals surface area contributed by atoms with Gasteiger partial charge >= 0.3 is 0 Å². The van der Waals surface area contributed by atoms with Crippen molar-refractivity contribution >= 4 is 0 Å². The van der Waals surface area contributed by atoms with E-state index in [0.29, 0.717) is 18.1 Å². The third-order valence-corrected chi connectivity index (χ3v) is 2.22. The van der Waals surface area contributed by atoms with E-state index in [4.69, 9.17) is 10.3 Å². The number of aryl methyl sites for hydroxylation is 1. The van der Waals surface area contributed by atoms with Crippen LogP contribution >= 0.6 is 0 Å². The fraction of sp³-hybridized carbons (Fsp3) is 0.364. The Bertz CT molecular complexity index is 449. The minimum Gasteiger partial charge on any atom is -0.332 e. The Kier molecular flexibility index (Phi) is 3.26. The summed E-state index contributed by atoms with van der Waals surface area (Å²) in [7, 11) is 0. The first kappa shape index (κ1) is 10.8. The van der Waals surface area contributed by atoms with E-state index in [2.05, 4.69) is 22.0 Å². The van der Waals surface area contributed by atoms with E-state index in [-0.39, 0.29) is 0 Å². The van der Waals surface area contributed by atoms with Gasteiger partial charge in [-0.3, -0.25) is 4.98 Å². The van der Waals surface area contributed by atoms with E-state index in [1.54, 1.807) is 6.20 Å². The Balaban J connectivity index is 2.21. The first-order valence-corrected chi connectivity index (χ1v) is 5.31. The van der Waals surface area contributed by atoms with Crippen LogP contribution in [0.4, 0.5) is 0 Å². The molecule has 0 fully saturated rings. The van der Waals surface area contributed by atoms with Crippen molar-refractivity contribution in [2.75, 3.05) is 0 Å². The molecule has 5 nitrogen and oxygen atoms in total. The molecule has 0 saturated heterocycles. The van der Waals surface area contributed by atoms with Crippen LogP contribution in [0.2, 0.25) is 0 Å². The maximum Gasteiger partial charge on any atom is 0.276 e. The third-order valence-electron chi connectivity index (χ3n) is 2.22. The Morgan fingerprint density at radius 3 is 2.88 bits per heavy atom. The van der Waals surface area contributed by atoms with Gasteiger partial charge in [-0.15, -0.1) is 0 Å². The second-order valence-corrected chi connectivity index (χ2v) is 3.52. The van der Waals surface area contributed by atoms with Crippen LogP contribution < -0.4 is 5.73 Å². The van der Waals surface area contributed by atoms with Crippen molar-refractivity contribution in [2.45, 2.75) is 26.3 Å². The molecule has 2 heterocycles. The maximum absolute atomic E-state index is 5.49. The predicted molar refractivity (Wildman–Crippen MR) is 59.4 cm³/mol. The lowest BCUT2D eigenvalue weighted by atomic mass is 10.2. The summed E-state index contributed by atoms with van der Waals surface area (Å²) in [5.74, 6) is 1.19. The molecule has 0 amide bonds. The monoisotopic (exact) mass is 218 g/mol. The first-order valence-electron chi connectivity index (χ1n) is 5.31. The molecule has 0 spiro atoms. The Morgan fingerprint density at radius 2 is 2.25 bits per heavy atom. The van der Waals surface area contributed by atoms with Crippen molar-refractivity contribution in [2.24, 2.45) is 5.73 Å². The lowest BCUT2D eigenvalue weighted by molar-refractivity contribution is 0.421. The van der Waals surface area contributed by atoms with Crippen LogP contribution in [0.15, 0.2) is 22.9 Å². The van der Waals surface area contributed by atoms with Crippen LogP contribution in [0.25, 0.3) is 11.6 Å². The number of rotatable bonds is 4. The van der Waals surface area contributed by atoms with Crippen LogP contribution in [-0.4, -0.2) is 15.1 Å². The van der Waals surface area contributed by atoms with Gasteiger partial charge in [-0.25, -0.2) is 0 Å². The molecule has 2 aromatic rings. The SMILES string of the molecule is CCCc1noc(-c2ccc(CN)cn2)n1. The van der Waals surface area contributed by atoms with E-state index in [1.807, 2.05) is 12.1 Å². The fourth-order valence-corrected chi connectivity index (χ4v) is 1.35. The number of aromatic nitrogens is 3. The summed E-state index contributed by atoms with van der Waals surface area (Å²) in [6, 6.07) is 3.75. The summed E-state index contributed by atoms with van der Waals surface area (Å²) in [5.41, 5.74) is 7.16. The zero-order valence-corrected chi connectivity index (χ0v) is 9.18. The van der Waals surface area contributed by atoms with Gasteiger partial charge in [0, 0.05) is 19.2 Å². The standard InChI is InChI=1S/C11H14N4O/c1-2-3-10-14-11(16-15-10)9-5-4-8(6-12)7-13-9/h4-5,7H,2-3,6,12H2,1H3. The average molecular weight is 218 g/mol. The van der Waals surface area contributed by atoms with Crippen molar-refractivity contribution in [1.82, 2.24) is 15.1 Å². The highest BCUT2D eigenvalue weighted by Gasteiger charge is 2.08.